The lowest BCUT2D eigenvalue weighted by Gasteiger charge is -2.39. The number of anilines is 4. The number of aliphatic hydroxyl groups excluding tert-OH is 2. The fourth-order valence-electron chi connectivity index (χ4n) is 18.6. The Kier molecular flexibility index (Phi) is 33.6. The van der Waals surface area contributed by atoms with Gasteiger partial charge in [0, 0.05) is 134 Å². The average molecular weight is 1970 g/mol. The molecule has 746 valence electrons. The van der Waals surface area contributed by atoms with E-state index in [1.165, 1.54) is 71.0 Å². The largest absolute Gasteiger partial charge is 0.389 e. The predicted octanol–water partition coefficient (Wildman–Crippen LogP) is 14.1. The predicted molar refractivity (Wildman–Crippen MR) is 538 cm³/mol. The molecule has 0 aromatic carbocycles. The number of aryl methyl sites for hydroxylation is 4. The third-order valence-corrected chi connectivity index (χ3v) is 32.2. The van der Waals surface area contributed by atoms with Crippen LogP contribution in [0.25, 0.3) is 41.8 Å². The first-order valence-electron chi connectivity index (χ1n) is 49.0. The van der Waals surface area contributed by atoms with E-state index in [4.69, 9.17) is 9.47 Å². The molecule has 8 aromatic rings. The van der Waals surface area contributed by atoms with Crippen LogP contribution < -0.4 is 42.5 Å². The lowest BCUT2D eigenvalue weighted by Crippen LogP contribution is -2.42. The molecule has 2 saturated carbocycles. The molecule has 12 N–H and O–H groups in total. The normalized spacial score (nSPS) is 22.1. The van der Waals surface area contributed by atoms with Crippen LogP contribution in [0.2, 0.25) is 0 Å². The second-order valence-corrected chi connectivity index (χ2v) is 44.4. The summed E-state index contributed by atoms with van der Waals surface area (Å²) in [7, 11) is 0. The first-order valence-corrected chi connectivity index (χ1v) is 52.3. The highest BCUT2D eigenvalue weighted by atomic mass is 32.1. The maximum absolute atomic E-state index is 13.7. The van der Waals surface area contributed by atoms with E-state index in [2.05, 4.69) is 124 Å². The summed E-state index contributed by atoms with van der Waals surface area (Å²) in [6.45, 7) is 36.5. The van der Waals surface area contributed by atoms with Crippen molar-refractivity contribution < 1.29 is 68.3 Å². The lowest BCUT2D eigenvalue weighted by atomic mass is 9.78. The molecule has 2 aliphatic carbocycles. The van der Waals surface area contributed by atoms with Gasteiger partial charge in [-0.3, -0.25) is 38.4 Å². The summed E-state index contributed by atoms with van der Waals surface area (Å²) in [6, 6.07) is 8.84. The fraction of sp³-hybridized carbons (Fsp3) is 0.600. The van der Waals surface area contributed by atoms with Crippen LogP contribution in [0.3, 0.4) is 0 Å². The van der Waals surface area contributed by atoms with Crippen molar-refractivity contribution in [3.63, 3.8) is 0 Å². The standard InChI is InChI=1S/C26H35N5O3S.C26H37N5O3S.2C24H33N5O4S/c1-15-12-19(30-26(4)10-5-11-26)27-13-18(15)21-20(24(33)31-16-6-7-17(31)9-8-16)29-23(35-21)22(32)28-14-25(2,3)34;1-15-12-20(29-17(3)18-9-6-10-18)27-13-19(15)22-21(25(33)31-11-7-8-16(31)2)30-24(35-22)23(32)28-14-26(4,5)34;2*1-5-14(3)26-19-9-13(2)16(10-25-19)21-20(24(32)29-8-6-7-15(29)4)28-23(34-21)22(31)27-17-11-33-12-18(17)30/h12-13,16-17,34H,5-11,14H2,1-4H3,(H,27,30)(H,28,32);12-13,16-18,34H,6-11,14H2,1-5H3,(H,27,29)(H,28,32);2*9-10,14-15,17-18,30H,5-8,11-12H2,1-4H3,(H,25,26)(H,27,31)/t;16-,17-;14-,15+,17+,18+;14-,15+,17-,18-/m.011/s1. The van der Waals surface area contributed by atoms with Gasteiger partial charge in [-0.1, -0.05) is 20.3 Å². The smallest absolute Gasteiger partial charge is 0.280 e. The zero-order chi connectivity index (χ0) is 99.1. The van der Waals surface area contributed by atoms with Gasteiger partial charge in [-0.25, -0.2) is 39.9 Å². The summed E-state index contributed by atoms with van der Waals surface area (Å²) < 4.78 is 10.5. The monoisotopic (exact) mass is 1970 g/mol. The molecule has 9 aliphatic rings. The number of ether oxygens (including phenoxy) is 2. The van der Waals surface area contributed by atoms with Gasteiger partial charge in [0.05, 0.1) is 81.4 Å². The maximum atomic E-state index is 13.7. The Bertz CT molecular complexity index is 5540. The minimum atomic E-state index is -1.04. The van der Waals surface area contributed by atoms with Crippen molar-refractivity contribution in [2.24, 2.45) is 5.92 Å². The van der Waals surface area contributed by atoms with E-state index in [9.17, 15) is 58.8 Å². The molecule has 10 atom stereocenters. The number of aliphatic hydroxyl groups is 4. The van der Waals surface area contributed by atoms with Gasteiger partial charge in [0.1, 0.15) is 46.0 Å². The molecule has 2 bridgehead atoms. The number of hydrogen-bond acceptors (Lipinski definition) is 30. The highest BCUT2D eigenvalue weighted by molar-refractivity contribution is 7.18. The van der Waals surface area contributed by atoms with E-state index >= 15 is 0 Å². The molecule has 0 unspecified atom stereocenters. The number of likely N-dealkylation sites (tertiary alicyclic amines) is 3. The average Bonchev–Trinajstić information content (AvgIpc) is 1.59. The Morgan fingerprint density at radius 1 is 0.449 bits per heavy atom. The van der Waals surface area contributed by atoms with E-state index in [1.54, 1.807) is 52.5 Å². The van der Waals surface area contributed by atoms with E-state index in [0.29, 0.717) is 74.6 Å². The number of hydrogen-bond donors (Lipinski definition) is 12. The number of nitrogens with zero attached hydrogens (tertiary/aromatic N) is 12. The minimum absolute atomic E-state index is 0.0906. The van der Waals surface area contributed by atoms with Crippen molar-refractivity contribution in [3.05, 3.63) is 114 Å². The van der Waals surface area contributed by atoms with Crippen LogP contribution in [0.15, 0.2) is 49.1 Å². The molecule has 9 fully saturated rings. The van der Waals surface area contributed by atoms with Crippen molar-refractivity contribution in [2.45, 2.75) is 323 Å². The van der Waals surface area contributed by atoms with Gasteiger partial charge < -0.3 is 92.0 Å². The number of aromatic nitrogens is 8. The molecule has 17 rings (SSSR count). The summed E-state index contributed by atoms with van der Waals surface area (Å²) in [5.41, 5.74) is 6.23. The van der Waals surface area contributed by atoms with Crippen LogP contribution in [0.1, 0.15) is 309 Å². The number of pyridine rings is 4. The Hall–Kier alpha value is -10.2. The topological polar surface area (TPSA) is 448 Å². The first-order chi connectivity index (χ1) is 65.6. The molecule has 8 aromatic heterocycles. The Morgan fingerprint density at radius 2 is 0.775 bits per heavy atom. The third kappa shape index (κ3) is 24.9. The fourth-order valence-corrected chi connectivity index (χ4v) is 22.8. The van der Waals surface area contributed by atoms with Crippen molar-refractivity contribution in [1.29, 1.82) is 0 Å². The SMILES string of the molecule is CC[C@@H](C)Nc1cc(C)c(-c2sc(C(=O)N[C@@H]3COC[C@H]3O)nc2C(=O)N2CCC[C@@H]2C)cn1.CC[C@@H](C)Nc1cc(C)c(-c2sc(C(=O)N[C@H]3COC[C@@H]3O)nc2C(=O)N2CCC[C@@H]2C)cn1.Cc1cc(NC2(C)CCC2)ncc1-c1sc(C(=O)NCC(C)(C)O)nc1C(=O)N1C2CCC1CC2.Cc1cc(N[C@@H](C)C2CCC2)ncc1-c1sc(C(=O)NCC(C)(C)O)nc1C(=O)N1CCC[C@@H]1C. The van der Waals surface area contributed by atoms with Crippen LogP contribution >= 0.6 is 45.3 Å². The number of carbonyl (C=O) groups excluding carboxylic acids is 8. The third-order valence-electron chi connectivity index (χ3n) is 27.9. The Balaban J connectivity index is 0.000000147. The van der Waals surface area contributed by atoms with Crippen molar-refractivity contribution in [2.75, 3.05) is 80.4 Å². The van der Waals surface area contributed by atoms with E-state index < -0.39 is 53.2 Å². The molecule has 15 heterocycles. The molecule has 7 aliphatic heterocycles. The van der Waals surface area contributed by atoms with Crippen molar-refractivity contribution in [3.8, 4) is 41.8 Å². The zero-order valence-corrected chi connectivity index (χ0v) is 85.9. The van der Waals surface area contributed by atoms with E-state index in [1.807, 2.05) is 92.3 Å². The number of carbonyl (C=O) groups is 8. The van der Waals surface area contributed by atoms with Crippen molar-refractivity contribution >= 4 is 116 Å². The van der Waals surface area contributed by atoms with E-state index in [0.717, 1.165) is 158 Å². The molecule has 0 radical (unpaired) electrons. The summed E-state index contributed by atoms with van der Waals surface area (Å²) in [5.74, 6) is 1.68. The summed E-state index contributed by atoms with van der Waals surface area (Å²) in [5, 5.41) is 65.6. The molecular weight excluding hydrogens is 1830 g/mol. The number of rotatable bonds is 29. The molecule has 0 spiro atoms. The molecule has 38 heteroatoms. The molecule has 138 heavy (non-hydrogen) atoms. The first kappa shape index (κ1) is 104. The Labute approximate surface area is 824 Å². The summed E-state index contributed by atoms with van der Waals surface area (Å²) in [6.07, 6.45) is 24.7. The second-order valence-electron chi connectivity index (χ2n) is 40.4. The lowest BCUT2D eigenvalue weighted by molar-refractivity contribution is 0.0692. The van der Waals surface area contributed by atoms with Gasteiger partial charge in [0.15, 0.2) is 20.0 Å². The van der Waals surface area contributed by atoms with Crippen LogP contribution in [0.5, 0.6) is 0 Å². The molecule has 7 saturated heterocycles. The minimum Gasteiger partial charge on any atom is -0.389 e. The van der Waals surface area contributed by atoms with Gasteiger partial charge in [-0.2, -0.15) is 0 Å². The van der Waals surface area contributed by atoms with Gasteiger partial charge in [0.25, 0.3) is 47.3 Å². The van der Waals surface area contributed by atoms with Crippen molar-refractivity contribution in [1.82, 2.24) is 80.7 Å². The van der Waals surface area contributed by atoms with Crippen LogP contribution in [0, 0.1) is 33.6 Å². The van der Waals surface area contributed by atoms with Crippen LogP contribution in [-0.2, 0) is 9.47 Å². The molecule has 34 nitrogen and oxygen atoms in total. The number of thiazole rings is 4. The molecular formula is C100H138N20O14S4. The summed E-state index contributed by atoms with van der Waals surface area (Å²) >= 11 is 4.77. The Morgan fingerprint density at radius 3 is 1.06 bits per heavy atom. The van der Waals surface area contributed by atoms with Gasteiger partial charge in [0.2, 0.25) is 0 Å². The highest BCUT2D eigenvalue weighted by Crippen LogP contribution is 2.45. The van der Waals surface area contributed by atoms with Gasteiger partial charge in [-0.05, 0) is 265 Å². The summed E-state index contributed by atoms with van der Waals surface area (Å²) in [4.78, 5) is 152. The second kappa shape index (κ2) is 44.8. The number of fused-ring (bicyclic) bond motifs is 2. The van der Waals surface area contributed by atoms with Crippen LogP contribution in [-0.4, -0.2) is 276 Å². The van der Waals surface area contributed by atoms with Crippen LogP contribution in [0.4, 0.5) is 23.3 Å². The number of amides is 8. The van der Waals surface area contributed by atoms with Gasteiger partial charge >= 0.3 is 0 Å². The van der Waals surface area contributed by atoms with Gasteiger partial charge in [-0.15, -0.1) is 45.3 Å². The molecule has 8 amide bonds. The van der Waals surface area contributed by atoms with E-state index in [-0.39, 0.29) is 136 Å². The quantitative estimate of drug-likeness (QED) is 0.0207. The zero-order valence-electron chi connectivity index (χ0n) is 82.6. The highest BCUT2D eigenvalue weighted by Gasteiger charge is 2.46. The maximum Gasteiger partial charge on any atom is 0.280 e. The number of nitrogens with one attached hydrogen (secondary N) is 8.